The first-order valence-corrected chi connectivity index (χ1v) is 7.97. The van der Waals surface area contributed by atoms with Crippen LogP contribution < -0.4 is 4.74 Å². The van der Waals surface area contributed by atoms with Gasteiger partial charge in [-0.25, -0.2) is 4.79 Å². The Bertz CT molecular complexity index is 803. The molecule has 0 saturated heterocycles. The van der Waals surface area contributed by atoms with Crippen LogP contribution in [0.15, 0.2) is 30.3 Å². The van der Waals surface area contributed by atoms with Crippen LogP contribution in [0.2, 0.25) is 15.1 Å². The summed E-state index contributed by atoms with van der Waals surface area (Å²) >= 11 is 17.9. The lowest BCUT2D eigenvalue weighted by molar-refractivity contribution is 0.0470. The van der Waals surface area contributed by atoms with E-state index in [0.717, 1.165) is 0 Å². The minimum absolute atomic E-state index is 0.00692. The molecule has 0 aromatic heterocycles. The number of Topliss-reactive ketones (excluding diaryl/α,β-unsaturated/α-hetero) is 1. The molecule has 126 valence electrons. The average Bonchev–Trinajstić information content (AvgIpc) is 2.56. The van der Waals surface area contributed by atoms with E-state index in [-0.39, 0.29) is 33.0 Å². The molecule has 0 N–H and O–H groups in total. The fraction of sp³-hybridized carbons (Fsp3) is 0.176. The standard InChI is InChI=1S/C17H13Cl3O4/c1-9(21)10-3-6-14(23-2)11(7-10)8-24-17(22)15-12(18)4-5-13(19)16(15)20/h3-7H,8H2,1-2H3. The summed E-state index contributed by atoms with van der Waals surface area (Å²) in [6, 6.07) is 7.83. The molecular formula is C17H13Cl3O4. The third-order valence-electron chi connectivity index (χ3n) is 3.29. The average molecular weight is 388 g/mol. The maximum Gasteiger partial charge on any atom is 0.341 e. The third kappa shape index (κ3) is 4.01. The minimum Gasteiger partial charge on any atom is -0.496 e. The molecule has 0 heterocycles. The molecule has 0 unspecified atom stereocenters. The number of methoxy groups -OCH3 is 1. The van der Waals surface area contributed by atoms with Crippen molar-refractivity contribution in [3.8, 4) is 5.75 Å². The van der Waals surface area contributed by atoms with Crippen LogP contribution in [0, 0.1) is 0 Å². The van der Waals surface area contributed by atoms with E-state index in [4.69, 9.17) is 44.3 Å². The van der Waals surface area contributed by atoms with E-state index < -0.39 is 5.97 Å². The number of rotatable bonds is 5. The summed E-state index contributed by atoms with van der Waals surface area (Å²) in [4.78, 5) is 23.8. The van der Waals surface area contributed by atoms with E-state index in [9.17, 15) is 9.59 Å². The SMILES string of the molecule is COc1ccc(C(C)=O)cc1COC(=O)c1c(Cl)ccc(Cl)c1Cl. The van der Waals surface area contributed by atoms with Crippen LogP contribution in [-0.4, -0.2) is 18.9 Å². The summed E-state index contributed by atoms with van der Waals surface area (Å²) < 4.78 is 10.5. The molecule has 24 heavy (non-hydrogen) atoms. The van der Waals surface area contributed by atoms with Gasteiger partial charge in [0.25, 0.3) is 0 Å². The number of ketones is 1. The zero-order valence-electron chi connectivity index (χ0n) is 12.9. The molecule has 2 aromatic carbocycles. The number of ether oxygens (including phenoxy) is 2. The van der Waals surface area contributed by atoms with Crippen molar-refractivity contribution in [3.63, 3.8) is 0 Å². The number of halogens is 3. The summed E-state index contributed by atoms with van der Waals surface area (Å²) in [6.07, 6.45) is 0. The van der Waals surface area contributed by atoms with E-state index in [1.807, 2.05) is 0 Å². The van der Waals surface area contributed by atoms with E-state index >= 15 is 0 Å². The number of carbonyl (C=O) groups is 2. The van der Waals surface area contributed by atoms with E-state index in [2.05, 4.69) is 0 Å². The van der Waals surface area contributed by atoms with Gasteiger partial charge in [0.15, 0.2) is 5.78 Å². The van der Waals surface area contributed by atoms with Crippen LogP contribution in [0.1, 0.15) is 33.2 Å². The number of esters is 1. The smallest absolute Gasteiger partial charge is 0.341 e. The van der Waals surface area contributed by atoms with Crippen molar-refractivity contribution in [2.45, 2.75) is 13.5 Å². The first-order chi connectivity index (χ1) is 11.3. The molecular weight excluding hydrogens is 375 g/mol. The molecule has 0 amide bonds. The van der Waals surface area contributed by atoms with Crippen molar-refractivity contribution in [3.05, 3.63) is 62.1 Å². The Kier molecular flexibility index (Phi) is 6.10. The van der Waals surface area contributed by atoms with Crippen molar-refractivity contribution in [1.29, 1.82) is 0 Å². The summed E-state index contributed by atoms with van der Waals surface area (Å²) in [5.41, 5.74) is 1.03. The summed E-state index contributed by atoms with van der Waals surface area (Å²) in [7, 11) is 1.48. The van der Waals surface area contributed by atoms with Gasteiger partial charge in [-0.3, -0.25) is 4.79 Å². The molecule has 4 nitrogen and oxygen atoms in total. The van der Waals surface area contributed by atoms with Crippen molar-refractivity contribution in [2.75, 3.05) is 7.11 Å². The molecule has 0 aliphatic carbocycles. The topological polar surface area (TPSA) is 52.6 Å². The zero-order valence-corrected chi connectivity index (χ0v) is 15.1. The lowest BCUT2D eigenvalue weighted by Crippen LogP contribution is -2.08. The summed E-state index contributed by atoms with van der Waals surface area (Å²) in [5.74, 6) is -0.329. The highest BCUT2D eigenvalue weighted by Gasteiger charge is 2.19. The molecule has 2 rings (SSSR count). The highest BCUT2D eigenvalue weighted by molar-refractivity contribution is 6.46. The normalized spacial score (nSPS) is 10.4. The quantitative estimate of drug-likeness (QED) is 0.401. The van der Waals surface area contributed by atoms with Gasteiger partial charge in [0.2, 0.25) is 0 Å². The first-order valence-electron chi connectivity index (χ1n) is 6.83. The Morgan fingerprint density at radius 1 is 1.04 bits per heavy atom. The van der Waals surface area contributed by atoms with Gasteiger partial charge in [-0.15, -0.1) is 0 Å². The highest BCUT2D eigenvalue weighted by Crippen LogP contribution is 2.32. The van der Waals surface area contributed by atoms with Crippen molar-refractivity contribution in [1.82, 2.24) is 0 Å². The van der Waals surface area contributed by atoms with Crippen LogP contribution in [0.25, 0.3) is 0 Å². The summed E-state index contributed by atoms with van der Waals surface area (Å²) in [5, 5.41) is 0.363. The predicted octanol–water partition coefficient (Wildman–Crippen LogP) is 5.22. The molecule has 0 saturated carbocycles. The number of carbonyl (C=O) groups excluding carboxylic acids is 2. The molecule has 0 aliphatic rings. The van der Waals surface area contributed by atoms with Gasteiger partial charge >= 0.3 is 5.97 Å². The van der Waals surface area contributed by atoms with Gasteiger partial charge in [0.05, 0.1) is 27.7 Å². The maximum absolute atomic E-state index is 12.3. The minimum atomic E-state index is -0.720. The lowest BCUT2D eigenvalue weighted by Gasteiger charge is -2.12. The van der Waals surface area contributed by atoms with E-state index in [0.29, 0.717) is 16.9 Å². The van der Waals surface area contributed by atoms with Crippen LogP contribution >= 0.6 is 34.8 Å². The molecule has 7 heteroatoms. The Morgan fingerprint density at radius 2 is 1.71 bits per heavy atom. The van der Waals surface area contributed by atoms with Crippen LogP contribution in [0.3, 0.4) is 0 Å². The van der Waals surface area contributed by atoms with E-state index in [1.54, 1.807) is 18.2 Å². The Morgan fingerprint density at radius 3 is 2.33 bits per heavy atom. The third-order valence-corrected chi connectivity index (χ3v) is 4.41. The number of hydrogen-bond acceptors (Lipinski definition) is 4. The lowest BCUT2D eigenvalue weighted by atomic mass is 10.1. The van der Waals surface area contributed by atoms with E-state index in [1.165, 1.54) is 26.2 Å². The number of hydrogen-bond donors (Lipinski definition) is 0. The van der Waals surface area contributed by atoms with Gasteiger partial charge in [-0.05, 0) is 37.3 Å². The highest BCUT2D eigenvalue weighted by atomic mass is 35.5. The maximum atomic E-state index is 12.3. The fourth-order valence-electron chi connectivity index (χ4n) is 2.04. The van der Waals surface area contributed by atoms with Crippen LogP contribution in [0.5, 0.6) is 5.75 Å². The largest absolute Gasteiger partial charge is 0.496 e. The number of benzene rings is 2. The second-order valence-electron chi connectivity index (χ2n) is 4.88. The second-order valence-corrected chi connectivity index (χ2v) is 6.07. The van der Waals surface area contributed by atoms with Crippen molar-refractivity contribution < 1.29 is 19.1 Å². The fourth-order valence-corrected chi connectivity index (χ4v) is 2.72. The molecule has 0 atom stereocenters. The van der Waals surface area contributed by atoms with Crippen molar-refractivity contribution in [2.24, 2.45) is 0 Å². The zero-order chi connectivity index (χ0) is 17.9. The van der Waals surface area contributed by atoms with Gasteiger partial charge in [0, 0.05) is 11.1 Å². The summed E-state index contributed by atoms with van der Waals surface area (Å²) in [6.45, 7) is 1.34. The predicted molar refractivity (Wildman–Crippen MR) is 93.6 cm³/mol. The van der Waals surface area contributed by atoms with Gasteiger partial charge < -0.3 is 9.47 Å². The first kappa shape index (κ1) is 18.6. The molecule has 0 radical (unpaired) electrons. The van der Waals surface area contributed by atoms with Crippen molar-refractivity contribution >= 4 is 46.6 Å². The molecule has 0 spiro atoms. The molecule has 0 aliphatic heterocycles. The Balaban J connectivity index is 2.25. The molecule has 0 fully saturated rings. The Hall–Kier alpha value is -1.75. The monoisotopic (exact) mass is 386 g/mol. The van der Waals surface area contributed by atoms with Gasteiger partial charge in [0.1, 0.15) is 12.4 Å². The van der Waals surface area contributed by atoms with Gasteiger partial charge in [-0.1, -0.05) is 34.8 Å². The Labute approximate surface area is 154 Å². The van der Waals surface area contributed by atoms with Crippen LogP contribution in [0.4, 0.5) is 0 Å². The molecule has 0 bridgehead atoms. The van der Waals surface area contributed by atoms with Gasteiger partial charge in [-0.2, -0.15) is 0 Å². The second kappa shape index (κ2) is 7.88. The van der Waals surface area contributed by atoms with Crippen LogP contribution in [-0.2, 0) is 11.3 Å². The molecule has 2 aromatic rings.